The number of carbonyl (C=O) groups is 1. The Bertz CT molecular complexity index is 760. The average Bonchev–Trinajstić information content (AvgIpc) is 2.54. The standard InChI is InChI=1S/C18H17IN2O2S/c1-12(2)11-23-14-9-7-13(8-10-14)20-18(24)21-17(22)15-5-3-4-6-16(15)19/h3-10H,1,11H2,2H3,(H2,20,21,22,24). The topological polar surface area (TPSA) is 50.4 Å². The zero-order chi connectivity index (χ0) is 17.5. The minimum atomic E-state index is -0.237. The number of amides is 1. The first-order chi connectivity index (χ1) is 11.5. The van der Waals surface area contributed by atoms with E-state index in [0.29, 0.717) is 12.2 Å². The van der Waals surface area contributed by atoms with E-state index in [4.69, 9.17) is 17.0 Å². The highest BCUT2D eigenvalue weighted by Crippen LogP contribution is 2.16. The number of ether oxygens (including phenoxy) is 1. The lowest BCUT2D eigenvalue weighted by Gasteiger charge is -2.11. The van der Waals surface area contributed by atoms with E-state index in [-0.39, 0.29) is 11.0 Å². The molecule has 0 atom stereocenters. The summed E-state index contributed by atoms with van der Waals surface area (Å²) in [6, 6.07) is 14.6. The fourth-order valence-electron chi connectivity index (χ4n) is 1.82. The van der Waals surface area contributed by atoms with Crippen LogP contribution in [0.4, 0.5) is 5.69 Å². The maximum atomic E-state index is 12.2. The van der Waals surface area contributed by atoms with Crippen LogP contribution in [0.3, 0.4) is 0 Å². The Labute approximate surface area is 160 Å². The second kappa shape index (κ2) is 8.79. The van der Waals surface area contributed by atoms with Crippen LogP contribution in [0.25, 0.3) is 0 Å². The molecule has 0 aliphatic heterocycles. The molecule has 0 fully saturated rings. The molecule has 1 amide bonds. The first kappa shape index (κ1) is 18.4. The molecule has 6 heteroatoms. The van der Waals surface area contributed by atoms with Crippen molar-refractivity contribution in [2.45, 2.75) is 6.92 Å². The van der Waals surface area contributed by atoms with Crippen molar-refractivity contribution >= 4 is 51.5 Å². The average molecular weight is 452 g/mol. The van der Waals surface area contributed by atoms with Gasteiger partial charge in [-0.25, -0.2) is 0 Å². The van der Waals surface area contributed by atoms with Gasteiger partial charge in [-0.2, -0.15) is 0 Å². The number of anilines is 1. The van der Waals surface area contributed by atoms with Crippen LogP contribution >= 0.6 is 34.8 Å². The largest absolute Gasteiger partial charge is 0.489 e. The van der Waals surface area contributed by atoms with Gasteiger partial charge in [-0.1, -0.05) is 18.7 Å². The molecule has 124 valence electrons. The van der Waals surface area contributed by atoms with E-state index in [0.717, 1.165) is 20.6 Å². The van der Waals surface area contributed by atoms with Gasteiger partial charge in [0, 0.05) is 9.26 Å². The highest BCUT2D eigenvalue weighted by atomic mass is 127. The summed E-state index contributed by atoms with van der Waals surface area (Å²) in [7, 11) is 0. The van der Waals surface area contributed by atoms with Crippen LogP contribution in [0.15, 0.2) is 60.7 Å². The van der Waals surface area contributed by atoms with Crippen molar-refractivity contribution < 1.29 is 9.53 Å². The SMILES string of the molecule is C=C(C)COc1ccc(NC(=S)NC(=O)c2ccccc2I)cc1. The lowest BCUT2D eigenvalue weighted by atomic mass is 10.2. The second-order valence-corrected chi connectivity index (χ2v) is 6.73. The Balaban J connectivity index is 1.91. The first-order valence-electron chi connectivity index (χ1n) is 7.20. The molecule has 0 bridgehead atoms. The molecule has 2 N–H and O–H groups in total. The van der Waals surface area contributed by atoms with Crippen LogP contribution in [0, 0.1) is 3.57 Å². The molecular formula is C18H17IN2O2S. The van der Waals surface area contributed by atoms with Crippen molar-refractivity contribution in [1.82, 2.24) is 5.32 Å². The number of benzene rings is 2. The lowest BCUT2D eigenvalue weighted by molar-refractivity contribution is 0.0977. The molecule has 2 aromatic carbocycles. The highest BCUT2D eigenvalue weighted by molar-refractivity contribution is 14.1. The van der Waals surface area contributed by atoms with Crippen molar-refractivity contribution in [1.29, 1.82) is 0 Å². The van der Waals surface area contributed by atoms with Gasteiger partial charge in [-0.3, -0.25) is 10.1 Å². The molecule has 0 spiro atoms. The summed E-state index contributed by atoms with van der Waals surface area (Å²) in [5.74, 6) is 0.510. The molecular weight excluding hydrogens is 435 g/mol. The Kier molecular flexibility index (Phi) is 6.74. The monoisotopic (exact) mass is 452 g/mol. The Hall–Kier alpha value is -1.93. The van der Waals surface area contributed by atoms with Crippen molar-refractivity contribution in [2.24, 2.45) is 0 Å². The van der Waals surface area contributed by atoms with Crippen LogP contribution in [0.5, 0.6) is 5.75 Å². The number of hydrogen-bond acceptors (Lipinski definition) is 3. The smallest absolute Gasteiger partial charge is 0.258 e. The van der Waals surface area contributed by atoms with Gasteiger partial charge in [0.15, 0.2) is 5.11 Å². The summed E-state index contributed by atoms with van der Waals surface area (Å²) in [4.78, 5) is 12.2. The fraction of sp³-hybridized carbons (Fsp3) is 0.111. The Morgan fingerprint density at radius 2 is 1.88 bits per heavy atom. The summed E-state index contributed by atoms with van der Waals surface area (Å²) in [5.41, 5.74) is 2.31. The molecule has 0 radical (unpaired) electrons. The van der Waals surface area contributed by atoms with E-state index in [9.17, 15) is 4.79 Å². The number of rotatable bonds is 5. The highest BCUT2D eigenvalue weighted by Gasteiger charge is 2.10. The van der Waals surface area contributed by atoms with Gasteiger partial charge >= 0.3 is 0 Å². The molecule has 4 nitrogen and oxygen atoms in total. The fourth-order valence-corrected chi connectivity index (χ4v) is 2.66. The quantitative estimate of drug-likeness (QED) is 0.402. The predicted molar refractivity (Wildman–Crippen MR) is 110 cm³/mol. The predicted octanol–water partition coefficient (Wildman–Crippen LogP) is 4.37. The molecule has 0 saturated heterocycles. The van der Waals surface area contributed by atoms with E-state index in [1.807, 2.05) is 49.4 Å². The maximum absolute atomic E-state index is 12.2. The van der Waals surface area contributed by atoms with Crippen LogP contribution in [-0.4, -0.2) is 17.6 Å². The molecule has 0 saturated carbocycles. The molecule has 0 aliphatic rings. The van der Waals surface area contributed by atoms with Crippen molar-refractivity contribution in [3.8, 4) is 5.75 Å². The van der Waals surface area contributed by atoms with Gasteiger partial charge in [-0.05, 0) is 83.7 Å². The third kappa shape index (κ3) is 5.61. The van der Waals surface area contributed by atoms with E-state index in [2.05, 4.69) is 39.8 Å². The molecule has 0 heterocycles. The third-order valence-corrected chi connectivity index (χ3v) is 4.09. The Morgan fingerprint density at radius 1 is 1.21 bits per heavy atom. The normalized spacial score (nSPS) is 9.92. The summed E-state index contributed by atoms with van der Waals surface area (Å²) < 4.78 is 6.40. The molecule has 2 aromatic rings. The molecule has 2 rings (SSSR count). The summed E-state index contributed by atoms with van der Waals surface area (Å²) in [5, 5.41) is 5.90. The Morgan fingerprint density at radius 3 is 2.50 bits per heavy atom. The molecule has 0 unspecified atom stereocenters. The van der Waals surface area contributed by atoms with Gasteiger partial charge in [0.25, 0.3) is 5.91 Å². The zero-order valence-corrected chi connectivity index (χ0v) is 16.1. The van der Waals surface area contributed by atoms with E-state index >= 15 is 0 Å². The molecule has 0 aliphatic carbocycles. The van der Waals surface area contributed by atoms with Crippen LogP contribution in [0.1, 0.15) is 17.3 Å². The number of carbonyl (C=O) groups excluding carboxylic acids is 1. The minimum absolute atomic E-state index is 0.237. The lowest BCUT2D eigenvalue weighted by Crippen LogP contribution is -2.34. The summed E-state index contributed by atoms with van der Waals surface area (Å²) in [6.45, 7) is 6.18. The van der Waals surface area contributed by atoms with Crippen LogP contribution in [-0.2, 0) is 0 Å². The number of halogens is 1. The second-order valence-electron chi connectivity index (χ2n) is 5.16. The summed E-state index contributed by atoms with van der Waals surface area (Å²) in [6.07, 6.45) is 0. The van der Waals surface area contributed by atoms with Gasteiger partial charge in [-0.15, -0.1) is 0 Å². The van der Waals surface area contributed by atoms with Crippen molar-refractivity contribution in [3.63, 3.8) is 0 Å². The van der Waals surface area contributed by atoms with Crippen LogP contribution in [0.2, 0.25) is 0 Å². The van der Waals surface area contributed by atoms with Crippen molar-refractivity contribution in [3.05, 3.63) is 69.8 Å². The zero-order valence-electron chi connectivity index (χ0n) is 13.1. The number of nitrogens with one attached hydrogen (secondary N) is 2. The molecule has 24 heavy (non-hydrogen) atoms. The van der Waals surface area contributed by atoms with Crippen LogP contribution < -0.4 is 15.4 Å². The molecule has 0 aromatic heterocycles. The van der Waals surface area contributed by atoms with Gasteiger partial charge in [0.2, 0.25) is 0 Å². The first-order valence-corrected chi connectivity index (χ1v) is 8.68. The van der Waals surface area contributed by atoms with Gasteiger partial charge in [0.05, 0.1) is 5.56 Å². The van der Waals surface area contributed by atoms with Gasteiger partial charge in [0.1, 0.15) is 12.4 Å². The number of hydrogen-bond donors (Lipinski definition) is 2. The van der Waals surface area contributed by atoms with E-state index in [1.165, 1.54) is 0 Å². The van der Waals surface area contributed by atoms with E-state index < -0.39 is 0 Å². The maximum Gasteiger partial charge on any atom is 0.258 e. The van der Waals surface area contributed by atoms with Gasteiger partial charge < -0.3 is 10.1 Å². The summed E-state index contributed by atoms with van der Waals surface area (Å²) >= 11 is 7.30. The van der Waals surface area contributed by atoms with E-state index in [1.54, 1.807) is 6.07 Å². The number of thiocarbonyl (C=S) groups is 1. The van der Waals surface area contributed by atoms with Crippen molar-refractivity contribution in [2.75, 3.05) is 11.9 Å². The minimum Gasteiger partial charge on any atom is -0.489 e. The third-order valence-electron chi connectivity index (χ3n) is 2.94.